The van der Waals surface area contributed by atoms with Crippen LogP contribution in [0.5, 0.6) is 0 Å². The molecule has 0 bridgehead atoms. The van der Waals surface area contributed by atoms with Crippen LogP contribution in [0.25, 0.3) is 0 Å². The second-order valence-corrected chi connectivity index (χ2v) is 6.81. The number of hydrogen-bond acceptors (Lipinski definition) is 4. The largest absolute Gasteiger partial charge is 0.397 e. The number of nitrogens with zero attached hydrogens (tertiary/aromatic N) is 1. The Hall–Kier alpha value is -1.11. The highest BCUT2D eigenvalue weighted by atomic mass is 32.2. The normalized spacial score (nSPS) is 13.8. The van der Waals surface area contributed by atoms with Crippen LogP contribution < -0.4 is 10.5 Å². The molecule has 0 aromatic heterocycles. The zero-order valence-corrected chi connectivity index (χ0v) is 13.0. The smallest absolute Gasteiger partial charge is 0.242 e. The molecule has 0 saturated heterocycles. The molecule has 0 aliphatic rings. The summed E-state index contributed by atoms with van der Waals surface area (Å²) >= 11 is 0. The van der Waals surface area contributed by atoms with Gasteiger partial charge in [0.2, 0.25) is 10.0 Å². The molecule has 19 heavy (non-hydrogen) atoms. The van der Waals surface area contributed by atoms with Crippen molar-refractivity contribution in [1.82, 2.24) is 9.62 Å². The first kappa shape index (κ1) is 15.9. The molecule has 0 fully saturated rings. The molecule has 1 aromatic rings. The summed E-state index contributed by atoms with van der Waals surface area (Å²) in [5.41, 5.74) is 7.66. The molecule has 6 heteroatoms. The van der Waals surface area contributed by atoms with Crippen LogP contribution in [0.3, 0.4) is 0 Å². The molecule has 1 atom stereocenters. The van der Waals surface area contributed by atoms with Crippen molar-refractivity contribution in [1.29, 1.82) is 0 Å². The number of benzene rings is 1. The van der Waals surface area contributed by atoms with Gasteiger partial charge in [-0.15, -0.1) is 0 Å². The van der Waals surface area contributed by atoms with Gasteiger partial charge in [0.25, 0.3) is 0 Å². The third kappa shape index (κ3) is 3.68. The Balaban J connectivity index is 3.05. The molecule has 1 aromatic carbocycles. The summed E-state index contributed by atoms with van der Waals surface area (Å²) in [4.78, 5) is 2.15. The molecule has 3 N–H and O–H groups in total. The number of nitrogens with one attached hydrogen (secondary N) is 1. The van der Waals surface area contributed by atoms with Gasteiger partial charge in [0.05, 0.1) is 5.69 Å². The number of rotatable bonds is 5. The van der Waals surface area contributed by atoms with Gasteiger partial charge < -0.3 is 10.6 Å². The molecular formula is C13H23N3O2S. The Bertz CT molecular complexity index is 553. The van der Waals surface area contributed by atoms with Gasteiger partial charge in [-0.05, 0) is 46.0 Å². The van der Waals surface area contributed by atoms with E-state index in [1.165, 1.54) is 0 Å². The molecular weight excluding hydrogens is 262 g/mol. The summed E-state index contributed by atoms with van der Waals surface area (Å²) in [6.45, 7) is 5.85. The summed E-state index contributed by atoms with van der Waals surface area (Å²) in [5, 5.41) is 0. The summed E-state index contributed by atoms with van der Waals surface area (Å²) in [6, 6.07) is 3.71. The highest BCUT2D eigenvalue weighted by Gasteiger charge is 2.21. The van der Waals surface area contributed by atoms with E-state index in [1.54, 1.807) is 19.9 Å². The Morgan fingerprint density at radius 1 is 1.26 bits per heavy atom. The molecule has 1 unspecified atom stereocenters. The van der Waals surface area contributed by atoms with Gasteiger partial charge in [-0.2, -0.15) is 0 Å². The Morgan fingerprint density at radius 2 is 1.79 bits per heavy atom. The van der Waals surface area contributed by atoms with E-state index in [4.69, 9.17) is 5.73 Å². The topological polar surface area (TPSA) is 75.4 Å². The van der Waals surface area contributed by atoms with Crippen molar-refractivity contribution in [3.8, 4) is 0 Å². The fourth-order valence-corrected chi connectivity index (χ4v) is 3.20. The molecule has 0 aliphatic carbocycles. The molecule has 1 rings (SSSR count). The van der Waals surface area contributed by atoms with Crippen LogP contribution in [-0.2, 0) is 10.0 Å². The molecule has 108 valence electrons. The van der Waals surface area contributed by atoms with Crippen molar-refractivity contribution >= 4 is 15.7 Å². The van der Waals surface area contributed by atoms with Crippen molar-refractivity contribution in [3.05, 3.63) is 23.3 Å². The zero-order valence-electron chi connectivity index (χ0n) is 12.2. The van der Waals surface area contributed by atoms with Crippen molar-refractivity contribution in [2.75, 3.05) is 26.4 Å². The first-order valence-corrected chi connectivity index (χ1v) is 7.67. The average Bonchev–Trinajstić information content (AvgIpc) is 2.31. The molecule has 0 heterocycles. The minimum Gasteiger partial charge on any atom is -0.397 e. The van der Waals surface area contributed by atoms with E-state index < -0.39 is 10.0 Å². The third-order valence-corrected chi connectivity index (χ3v) is 4.96. The molecule has 0 spiro atoms. The van der Waals surface area contributed by atoms with Gasteiger partial charge in [0.1, 0.15) is 4.90 Å². The maximum absolute atomic E-state index is 12.3. The van der Waals surface area contributed by atoms with Crippen LogP contribution in [0.1, 0.15) is 18.1 Å². The fraction of sp³-hybridized carbons (Fsp3) is 0.538. The summed E-state index contributed by atoms with van der Waals surface area (Å²) in [7, 11) is 0.242. The quantitative estimate of drug-likeness (QED) is 0.795. The lowest BCUT2D eigenvalue weighted by atomic mass is 10.1. The fourth-order valence-electron chi connectivity index (χ4n) is 1.65. The minimum atomic E-state index is -3.57. The molecule has 0 amide bonds. The Labute approximate surface area is 115 Å². The zero-order chi connectivity index (χ0) is 14.8. The van der Waals surface area contributed by atoms with Gasteiger partial charge in [0, 0.05) is 12.6 Å². The lowest BCUT2D eigenvalue weighted by Crippen LogP contribution is -2.38. The maximum atomic E-state index is 12.3. The Kier molecular flexibility index (Phi) is 4.95. The summed E-state index contributed by atoms with van der Waals surface area (Å²) < 4.78 is 27.3. The van der Waals surface area contributed by atoms with Gasteiger partial charge >= 0.3 is 0 Å². The first-order valence-electron chi connectivity index (χ1n) is 6.18. The lowest BCUT2D eigenvalue weighted by Gasteiger charge is -2.21. The summed E-state index contributed by atoms with van der Waals surface area (Å²) in [6.07, 6.45) is 0. The van der Waals surface area contributed by atoms with Crippen molar-refractivity contribution in [2.45, 2.75) is 31.7 Å². The van der Waals surface area contributed by atoms with Gasteiger partial charge in [-0.25, -0.2) is 13.1 Å². The number of hydrogen-bond donors (Lipinski definition) is 2. The first-order chi connectivity index (χ1) is 8.66. The molecule has 5 nitrogen and oxygen atoms in total. The maximum Gasteiger partial charge on any atom is 0.242 e. The van der Waals surface area contributed by atoms with Crippen LogP contribution in [0.15, 0.2) is 17.0 Å². The van der Waals surface area contributed by atoms with E-state index in [2.05, 4.69) is 4.72 Å². The van der Waals surface area contributed by atoms with Crippen LogP contribution in [-0.4, -0.2) is 40.0 Å². The minimum absolute atomic E-state index is 0.112. The van der Waals surface area contributed by atoms with Gasteiger partial charge in [-0.1, -0.05) is 12.1 Å². The van der Waals surface area contributed by atoms with Crippen LogP contribution >= 0.6 is 0 Å². The van der Waals surface area contributed by atoms with E-state index in [0.29, 0.717) is 17.8 Å². The van der Waals surface area contributed by atoms with Crippen molar-refractivity contribution in [2.24, 2.45) is 0 Å². The number of nitrogen functional groups attached to an aromatic ring is 1. The lowest BCUT2D eigenvalue weighted by molar-refractivity contribution is 0.314. The van der Waals surface area contributed by atoms with Gasteiger partial charge in [-0.3, -0.25) is 0 Å². The van der Waals surface area contributed by atoms with E-state index in [9.17, 15) is 8.42 Å². The van der Waals surface area contributed by atoms with Gasteiger partial charge in [0.15, 0.2) is 0 Å². The van der Waals surface area contributed by atoms with E-state index in [-0.39, 0.29) is 10.9 Å². The third-order valence-electron chi connectivity index (χ3n) is 3.33. The number of nitrogens with two attached hydrogens (primary N) is 1. The number of sulfonamides is 1. The molecule has 0 saturated carbocycles. The van der Waals surface area contributed by atoms with Crippen LogP contribution in [0.2, 0.25) is 0 Å². The van der Waals surface area contributed by atoms with E-state index >= 15 is 0 Å². The SMILES string of the molecule is Cc1ccc(C)c(S(=O)(=O)NCC(C)N(C)C)c1N. The Morgan fingerprint density at radius 3 is 2.32 bits per heavy atom. The predicted octanol–water partition coefficient (Wildman–Crippen LogP) is 1.11. The monoisotopic (exact) mass is 285 g/mol. The van der Waals surface area contributed by atoms with Crippen molar-refractivity contribution in [3.63, 3.8) is 0 Å². The number of likely N-dealkylation sites (N-methyl/N-ethyl adjacent to an activating group) is 1. The van der Waals surface area contributed by atoms with Crippen molar-refractivity contribution < 1.29 is 8.42 Å². The van der Waals surface area contributed by atoms with Crippen LogP contribution in [0.4, 0.5) is 5.69 Å². The highest BCUT2D eigenvalue weighted by molar-refractivity contribution is 7.89. The molecule has 0 radical (unpaired) electrons. The second-order valence-electron chi connectivity index (χ2n) is 5.11. The van der Waals surface area contributed by atoms with E-state index in [0.717, 1.165) is 5.56 Å². The summed E-state index contributed by atoms with van der Waals surface area (Å²) in [5.74, 6) is 0. The van der Waals surface area contributed by atoms with E-state index in [1.807, 2.05) is 32.0 Å². The second kappa shape index (κ2) is 5.90. The standard InChI is InChI=1S/C13H23N3O2S/c1-9-6-7-10(2)13(12(9)14)19(17,18)15-8-11(3)16(4)5/h6-7,11,15H,8,14H2,1-5H3. The molecule has 0 aliphatic heterocycles. The predicted molar refractivity (Wildman–Crippen MR) is 78.7 cm³/mol. The number of anilines is 1. The highest BCUT2D eigenvalue weighted by Crippen LogP contribution is 2.25. The average molecular weight is 285 g/mol. The number of aryl methyl sites for hydroxylation is 2. The van der Waals surface area contributed by atoms with Crippen LogP contribution in [0, 0.1) is 13.8 Å².